The highest BCUT2D eigenvalue weighted by atomic mass is 16.7. The molecule has 3 unspecified atom stereocenters. The molecule has 1 aliphatic heterocycles. The zero-order valence-corrected chi connectivity index (χ0v) is 15.9. The van der Waals surface area contributed by atoms with Crippen LogP contribution in [-0.4, -0.2) is 27.1 Å². The fourth-order valence-electron chi connectivity index (χ4n) is 3.80. The summed E-state index contributed by atoms with van der Waals surface area (Å²) in [7, 11) is 0. The molecule has 1 fully saturated rings. The van der Waals surface area contributed by atoms with E-state index in [4.69, 9.17) is 4.84 Å². The summed E-state index contributed by atoms with van der Waals surface area (Å²) in [5, 5.41) is 15.3. The number of hydrogen-bond acceptors (Lipinski definition) is 4. The average molecular weight is 332 g/mol. The minimum Gasteiger partial charge on any atom is -0.411 e. The molecule has 0 aromatic heterocycles. The first-order chi connectivity index (χ1) is 11.3. The van der Waals surface area contributed by atoms with Gasteiger partial charge in [-0.15, -0.1) is 0 Å². The number of nitrogens with zero attached hydrogens (tertiary/aromatic N) is 2. The molecular formula is C20H32N2O2. The van der Waals surface area contributed by atoms with Gasteiger partial charge in [0.05, 0.1) is 11.3 Å². The first kappa shape index (κ1) is 18.9. The molecule has 4 heteroatoms. The standard InChI is InChI=1S/C20H32N2O2/c1-7-19(5)14-18(21-23)15(3)20(6,8-2)22(19)24-16(4)17-12-10-9-11-13-17/h9-13,15-16,23H,7-8,14H2,1-6H3/b21-18-/t15?,16?,19?,20-/m1/s1. The molecule has 0 radical (unpaired) electrons. The molecule has 0 amide bonds. The van der Waals surface area contributed by atoms with Crippen LogP contribution in [-0.2, 0) is 4.84 Å². The number of oxime groups is 1. The summed E-state index contributed by atoms with van der Waals surface area (Å²) in [5.41, 5.74) is 1.63. The molecule has 1 heterocycles. The fraction of sp³-hybridized carbons (Fsp3) is 0.650. The van der Waals surface area contributed by atoms with Crippen LogP contribution < -0.4 is 0 Å². The smallest absolute Gasteiger partial charge is 0.102 e. The fourth-order valence-corrected chi connectivity index (χ4v) is 3.80. The van der Waals surface area contributed by atoms with E-state index in [1.165, 1.54) is 5.56 Å². The van der Waals surface area contributed by atoms with Gasteiger partial charge in [0.2, 0.25) is 0 Å². The lowest BCUT2D eigenvalue weighted by molar-refractivity contribution is -0.310. The third kappa shape index (κ3) is 3.22. The maximum Gasteiger partial charge on any atom is 0.102 e. The molecule has 1 aromatic rings. The van der Waals surface area contributed by atoms with E-state index >= 15 is 0 Å². The molecule has 0 spiro atoms. The van der Waals surface area contributed by atoms with Gasteiger partial charge in [-0.25, -0.2) is 0 Å². The lowest BCUT2D eigenvalue weighted by Crippen LogP contribution is -2.66. The van der Waals surface area contributed by atoms with Gasteiger partial charge in [-0.05, 0) is 39.2 Å². The van der Waals surface area contributed by atoms with Gasteiger partial charge in [0.25, 0.3) is 0 Å². The SMILES string of the molecule is CCC1(C)C/C(=N/O)C(C)[C@@](C)(CC)N1OC(C)c1ccccc1. The van der Waals surface area contributed by atoms with E-state index in [1.807, 2.05) is 18.2 Å². The van der Waals surface area contributed by atoms with Crippen LogP contribution in [0.1, 0.15) is 72.5 Å². The minimum absolute atomic E-state index is 0.0252. The summed E-state index contributed by atoms with van der Waals surface area (Å²) in [6, 6.07) is 10.3. The first-order valence-corrected chi connectivity index (χ1v) is 9.05. The van der Waals surface area contributed by atoms with E-state index in [1.54, 1.807) is 0 Å². The van der Waals surface area contributed by atoms with Crippen molar-refractivity contribution in [3.63, 3.8) is 0 Å². The van der Waals surface area contributed by atoms with Crippen molar-refractivity contribution in [1.82, 2.24) is 5.06 Å². The van der Waals surface area contributed by atoms with Gasteiger partial charge >= 0.3 is 0 Å². The maximum absolute atomic E-state index is 9.49. The Kier molecular flexibility index (Phi) is 5.71. The molecule has 1 aromatic carbocycles. The highest BCUT2D eigenvalue weighted by Crippen LogP contribution is 2.45. The Balaban J connectivity index is 2.39. The Morgan fingerprint density at radius 2 is 1.88 bits per heavy atom. The van der Waals surface area contributed by atoms with Gasteiger partial charge in [-0.3, -0.25) is 4.84 Å². The summed E-state index contributed by atoms with van der Waals surface area (Å²) in [6.07, 6.45) is 2.54. The lowest BCUT2D eigenvalue weighted by Gasteiger charge is -2.57. The molecule has 1 saturated heterocycles. The largest absolute Gasteiger partial charge is 0.411 e. The molecule has 0 saturated carbocycles. The van der Waals surface area contributed by atoms with E-state index < -0.39 is 0 Å². The van der Waals surface area contributed by atoms with Crippen molar-refractivity contribution in [2.45, 2.75) is 78.0 Å². The van der Waals surface area contributed by atoms with E-state index in [0.29, 0.717) is 0 Å². The van der Waals surface area contributed by atoms with E-state index in [9.17, 15) is 5.21 Å². The van der Waals surface area contributed by atoms with Gasteiger partial charge in [0, 0.05) is 17.9 Å². The predicted molar refractivity (Wildman–Crippen MR) is 98.2 cm³/mol. The quantitative estimate of drug-likeness (QED) is 0.596. The van der Waals surface area contributed by atoms with E-state index in [2.05, 4.69) is 63.9 Å². The molecule has 24 heavy (non-hydrogen) atoms. The molecule has 0 bridgehead atoms. The summed E-state index contributed by atoms with van der Waals surface area (Å²) in [5.74, 6) is 0.134. The molecule has 4 nitrogen and oxygen atoms in total. The highest BCUT2D eigenvalue weighted by Gasteiger charge is 2.53. The van der Waals surface area contributed by atoms with Gasteiger partial charge in [-0.2, -0.15) is 5.06 Å². The van der Waals surface area contributed by atoms with Crippen LogP contribution in [0.25, 0.3) is 0 Å². The van der Waals surface area contributed by atoms with E-state index in [0.717, 1.165) is 25.0 Å². The van der Waals surface area contributed by atoms with Crippen molar-refractivity contribution in [3.05, 3.63) is 35.9 Å². The summed E-state index contributed by atoms with van der Waals surface area (Å²) >= 11 is 0. The van der Waals surface area contributed by atoms with Gasteiger partial charge in [0.1, 0.15) is 6.10 Å². The number of benzene rings is 1. The number of hydroxylamine groups is 2. The Hall–Kier alpha value is -1.39. The normalized spacial score (nSPS) is 34.4. The van der Waals surface area contributed by atoms with Crippen molar-refractivity contribution in [3.8, 4) is 0 Å². The van der Waals surface area contributed by atoms with Gasteiger partial charge < -0.3 is 5.21 Å². The molecule has 2 rings (SSSR count). The molecule has 1 N–H and O–H groups in total. The molecule has 4 atom stereocenters. The van der Waals surface area contributed by atoms with E-state index in [-0.39, 0.29) is 23.1 Å². The zero-order chi connectivity index (χ0) is 18.0. The third-order valence-electron chi connectivity index (χ3n) is 6.09. The van der Waals surface area contributed by atoms with Crippen LogP contribution >= 0.6 is 0 Å². The molecule has 134 valence electrons. The van der Waals surface area contributed by atoms with Crippen molar-refractivity contribution < 1.29 is 10.0 Å². The Bertz CT molecular complexity index is 574. The van der Waals surface area contributed by atoms with Gasteiger partial charge in [-0.1, -0.05) is 56.3 Å². The number of piperidine rings is 1. The monoisotopic (exact) mass is 332 g/mol. The first-order valence-electron chi connectivity index (χ1n) is 9.05. The summed E-state index contributed by atoms with van der Waals surface area (Å²) in [6.45, 7) is 13.0. The second kappa shape index (κ2) is 7.24. The maximum atomic E-state index is 9.49. The van der Waals surface area contributed by atoms with Crippen molar-refractivity contribution in [1.29, 1.82) is 0 Å². The van der Waals surface area contributed by atoms with Crippen molar-refractivity contribution in [2.24, 2.45) is 11.1 Å². The Morgan fingerprint density at radius 3 is 2.38 bits per heavy atom. The average Bonchev–Trinajstić information content (AvgIpc) is 2.62. The second-order valence-corrected chi connectivity index (χ2v) is 7.50. The number of rotatable bonds is 5. The predicted octanol–water partition coefficient (Wildman–Crippen LogP) is 5.19. The van der Waals surface area contributed by atoms with Crippen LogP contribution in [0.2, 0.25) is 0 Å². The van der Waals surface area contributed by atoms with Crippen LogP contribution in [0.5, 0.6) is 0 Å². The van der Waals surface area contributed by atoms with Crippen LogP contribution in [0.15, 0.2) is 35.5 Å². The molecular weight excluding hydrogens is 300 g/mol. The number of hydrogen-bond donors (Lipinski definition) is 1. The Morgan fingerprint density at radius 1 is 1.25 bits per heavy atom. The van der Waals surface area contributed by atoms with Crippen molar-refractivity contribution in [2.75, 3.05) is 0 Å². The molecule has 1 aliphatic rings. The topological polar surface area (TPSA) is 45.1 Å². The second-order valence-electron chi connectivity index (χ2n) is 7.50. The van der Waals surface area contributed by atoms with Crippen LogP contribution in [0.3, 0.4) is 0 Å². The summed E-state index contributed by atoms with van der Waals surface area (Å²) < 4.78 is 0. The van der Waals surface area contributed by atoms with Crippen molar-refractivity contribution >= 4 is 5.71 Å². The van der Waals surface area contributed by atoms with Crippen LogP contribution in [0.4, 0.5) is 0 Å². The summed E-state index contributed by atoms with van der Waals surface area (Å²) in [4.78, 5) is 6.55. The minimum atomic E-state index is -0.215. The highest BCUT2D eigenvalue weighted by molar-refractivity contribution is 5.89. The Labute approximate surface area is 146 Å². The molecule has 0 aliphatic carbocycles. The third-order valence-corrected chi connectivity index (χ3v) is 6.09. The lowest BCUT2D eigenvalue weighted by atomic mass is 9.70. The van der Waals surface area contributed by atoms with Gasteiger partial charge in [0.15, 0.2) is 0 Å². The van der Waals surface area contributed by atoms with Crippen LogP contribution in [0, 0.1) is 5.92 Å². The zero-order valence-electron chi connectivity index (χ0n) is 15.9.